The van der Waals surface area contributed by atoms with Crippen LogP contribution < -0.4 is 4.90 Å². The molecule has 4 rings (SSSR count). The highest BCUT2D eigenvalue weighted by molar-refractivity contribution is 8.01. The number of carboxylic acid groups (broad SMARTS) is 1. The summed E-state index contributed by atoms with van der Waals surface area (Å²) < 4.78 is 0.773. The summed E-state index contributed by atoms with van der Waals surface area (Å²) in [6.07, 6.45) is -0.231. The van der Waals surface area contributed by atoms with Crippen molar-refractivity contribution in [1.29, 1.82) is 0 Å². The van der Waals surface area contributed by atoms with Gasteiger partial charge in [-0.1, -0.05) is 29.3 Å². The molecule has 0 aliphatic carbocycles. The van der Waals surface area contributed by atoms with Crippen molar-refractivity contribution in [1.82, 2.24) is 4.98 Å². The van der Waals surface area contributed by atoms with Gasteiger partial charge in [0.1, 0.15) is 10.5 Å². The number of hydrogen-bond acceptors (Lipinski definition) is 5. The van der Waals surface area contributed by atoms with E-state index < -0.39 is 11.2 Å². The van der Waals surface area contributed by atoms with Crippen LogP contribution in [0.4, 0.5) is 5.69 Å². The fourth-order valence-electron chi connectivity index (χ4n) is 3.08. The third-order valence-electron chi connectivity index (χ3n) is 4.36. The Morgan fingerprint density at radius 3 is 2.71 bits per heavy atom. The molecule has 0 spiro atoms. The lowest BCUT2D eigenvalue weighted by Gasteiger charge is -2.33. The Bertz CT molecular complexity index is 1080. The molecule has 0 fully saturated rings. The summed E-state index contributed by atoms with van der Waals surface area (Å²) in [5.41, 5.74) is 2.40. The number of amides is 1. The Kier molecular flexibility index (Phi) is 5.26. The van der Waals surface area contributed by atoms with Crippen molar-refractivity contribution < 1.29 is 14.7 Å². The summed E-state index contributed by atoms with van der Waals surface area (Å²) in [5, 5.41) is 10.3. The molecule has 28 heavy (non-hydrogen) atoms. The fourth-order valence-corrected chi connectivity index (χ4v) is 5.78. The molecule has 1 aliphatic heterocycles. The summed E-state index contributed by atoms with van der Waals surface area (Å²) in [7, 11) is 0. The first-order valence-corrected chi connectivity index (χ1v) is 10.8. The van der Waals surface area contributed by atoms with Crippen molar-refractivity contribution in [2.75, 3.05) is 4.90 Å². The van der Waals surface area contributed by atoms with Gasteiger partial charge in [-0.15, -0.1) is 23.1 Å². The molecule has 1 aliphatic rings. The molecule has 0 saturated heterocycles. The van der Waals surface area contributed by atoms with Gasteiger partial charge in [0, 0.05) is 4.90 Å². The second-order valence-electron chi connectivity index (χ2n) is 6.41. The molecule has 1 atom stereocenters. The molecule has 9 heteroatoms. The lowest BCUT2D eigenvalue weighted by molar-refractivity contribution is -0.138. The molecule has 0 saturated carbocycles. The molecule has 1 aromatic heterocycles. The smallest absolute Gasteiger partial charge is 0.305 e. The second kappa shape index (κ2) is 7.55. The van der Waals surface area contributed by atoms with Gasteiger partial charge >= 0.3 is 5.97 Å². The number of benzene rings is 2. The van der Waals surface area contributed by atoms with Crippen LogP contribution in [0.5, 0.6) is 0 Å². The zero-order valence-corrected chi connectivity index (χ0v) is 17.8. The van der Waals surface area contributed by atoms with Crippen LogP contribution in [0.2, 0.25) is 10.0 Å². The molecule has 1 unspecified atom stereocenters. The summed E-state index contributed by atoms with van der Waals surface area (Å²) >= 11 is 15.2. The van der Waals surface area contributed by atoms with E-state index in [1.165, 1.54) is 23.1 Å². The molecule has 2 aromatic carbocycles. The number of aryl methyl sites for hydroxylation is 1. The van der Waals surface area contributed by atoms with Gasteiger partial charge in [-0.2, -0.15) is 0 Å². The summed E-state index contributed by atoms with van der Waals surface area (Å²) in [6.45, 7) is 2.19. The van der Waals surface area contributed by atoms with Crippen molar-refractivity contribution in [2.45, 2.75) is 30.0 Å². The minimum atomic E-state index is -1.00. The van der Waals surface area contributed by atoms with Crippen LogP contribution in [-0.2, 0) is 16.1 Å². The molecule has 5 nitrogen and oxygen atoms in total. The fraction of sp³-hybridized carbons (Fsp3) is 0.211. The third-order valence-corrected chi connectivity index (χ3v) is 7.42. The predicted molar refractivity (Wildman–Crippen MR) is 114 cm³/mol. The number of carboxylic acids is 1. The van der Waals surface area contributed by atoms with Crippen LogP contribution in [0.3, 0.4) is 0 Å². The number of hydrogen-bond donors (Lipinski definition) is 1. The monoisotopic (exact) mass is 452 g/mol. The Hall–Kier alpha value is -1.80. The number of aromatic nitrogens is 1. The Labute approximate surface area is 179 Å². The largest absolute Gasteiger partial charge is 0.481 e. The van der Waals surface area contributed by atoms with E-state index >= 15 is 0 Å². The Balaban J connectivity index is 1.76. The summed E-state index contributed by atoms with van der Waals surface area (Å²) in [4.78, 5) is 31.3. The average molecular weight is 453 g/mol. The van der Waals surface area contributed by atoms with Crippen molar-refractivity contribution >= 4 is 74.1 Å². The SMILES string of the molecule is Cc1ccc2c(c1)N(Cc1nc3c(Cl)ccc(Cl)c3s1)C(=O)C(CC(=O)O)S2. The van der Waals surface area contributed by atoms with Gasteiger partial charge in [0.05, 0.1) is 38.6 Å². The highest BCUT2D eigenvalue weighted by atomic mass is 35.5. The van der Waals surface area contributed by atoms with Gasteiger partial charge in [0.2, 0.25) is 5.91 Å². The van der Waals surface area contributed by atoms with Gasteiger partial charge in [0.15, 0.2) is 0 Å². The minimum absolute atomic E-state index is 0.231. The number of fused-ring (bicyclic) bond motifs is 2. The van der Waals surface area contributed by atoms with Crippen LogP contribution in [-0.4, -0.2) is 27.2 Å². The number of thioether (sulfide) groups is 1. The predicted octanol–water partition coefficient (Wildman–Crippen LogP) is 5.39. The molecule has 0 radical (unpaired) electrons. The van der Waals surface area contributed by atoms with Crippen LogP contribution >= 0.6 is 46.3 Å². The third kappa shape index (κ3) is 3.59. The van der Waals surface area contributed by atoms with Crippen LogP contribution in [0.1, 0.15) is 17.0 Å². The zero-order chi connectivity index (χ0) is 20.0. The number of halogens is 2. The minimum Gasteiger partial charge on any atom is -0.481 e. The number of anilines is 1. The molecule has 1 amide bonds. The maximum atomic E-state index is 13.1. The van der Waals surface area contributed by atoms with Gasteiger partial charge in [-0.05, 0) is 36.8 Å². The molecule has 2 heterocycles. The van der Waals surface area contributed by atoms with E-state index in [0.29, 0.717) is 20.6 Å². The van der Waals surface area contributed by atoms with Crippen LogP contribution in [0, 0.1) is 6.92 Å². The van der Waals surface area contributed by atoms with Crippen molar-refractivity contribution in [3.05, 3.63) is 50.9 Å². The number of nitrogens with zero attached hydrogens (tertiary/aromatic N) is 2. The highest BCUT2D eigenvalue weighted by Gasteiger charge is 2.35. The van der Waals surface area contributed by atoms with E-state index in [1.54, 1.807) is 17.0 Å². The molecule has 3 aromatic rings. The van der Waals surface area contributed by atoms with E-state index in [-0.39, 0.29) is 18.9 Å². The van der Waals surface area contributed by atoms with Crippen molar-refractivity contribution in [3.63, 3.8) is 0 Å². The second-order valence-corrected chi connectivity index (χ2v) is 9.56. The van der Waals surface area contributed by atoms with E-state index in [0.717, 1.165) is 20.8 Å². The molecule has 0 bridgehead atoms. The number of carbonyl (C=O) groups is 2. The molecule has 144 valence electrons. The molecular formula is C19H14Cl2N2O3S2. The Morgan fingerprint density at radius 2 is 2.00 bits per heavy atom. The van der Waals surface area contributed by atoms with E-state index in [9.17, 15) is 14.7 Å². The van der Waals surface area contributed by atoms with Gasteiger partial charge in [-0.25, -0.2) is 4.98 Å². The van der Waals surface area contributed by atoms with Crippen LogP contribution in [0.15, 0.2) is 35.2 Å². The first-order valence-electron chi connectivity index (χ1n) is 8.37. The van der Waals surface area contributed by atoms with Gasteiger partial charge < -0.3 is 10.0 Å². The first-order chi connectivity index (χ1) is 13.3. The number of thiazole rings is 1. The average Bonchev–Trinajstić information content (AvgIpc) is 3.07. The standard InChI is InChI=1S/C19H14Cl2N2O3S2/c1-9-2-5-13-12(6-9)23(19(26)14(27-13)7-16(24)25)8-15-22-17-10(20)3-4-11(21)18(17)28-15/h2-6,14H,7-8H2,1H3,(H,24,25). The maximum absolute atomic E-state index is 13.1. The van der Waals surface area contributed by atoms with Gasteiger partial charge in [0.25, 0.3) is 0 Å². The number of carbonyl (C=O) groups excluding carboxylic acids is 1. The normalized spacial score (nSPS) is 16.5. The first kappa shape index (κ1) is 19.5. The topological polar surface area (TPSA) is 70.5 Å². The Morgan fingerprint density at radius 1 is 1.25 bits per heavy atom. The van der Waals surface area contributed by atoms with E-state index in [1.807, 2.05) is 25.1 Å². The highest BCUT2D eigenvalue weighted by Crippen LogP contribution is 2.42. The lowest BCUT2D eigenvalue weighted by atomic mass is 10.1. The lowest BCUT2D eigenvalue weighted by Crippen LogP contribution is -2.41. The maximum Gasteiger partial charge on any atom is 0.305 e. The van der Waals surface area contributed by atoms with Crippen LogP contribution in [0.25, 0.3) is 10.2 Å². The van der Waals surface area contributed by atoms with Gasteiger partial charge in [-0.3, -0.25) is 9.59 Å². The quantitative estimate of drug-likeness (QED) is 0.573. The van der Waals surface area contributed by atoms with Crippen molar-refractivity contribution in [3.8, 4) is 0 Å². The van der Waals surface area contributed by atoms with E-state index in [2.05, 4.69) is 4.98 Å². The number of rotatable bonds is 4. The summed E-state index contributed by atoms with van der Waals surface area (Å²) in [6, 6.07) is 9.23. The molecular weight excluding hydrogens is 439 g/mol. The zero-order valence-electron chi connectivity index (χ0n) is 14.6. The summed E-state index contributed by atoms with van der Waals surface area (Å²) in [5.74, 6) is -1.23. The number of aliphatic carboxylic acids is 1. The van der Waals surface area contributed by atoms with E-state index in [4.69, 9.17) is 23.2 Å². The molecule has 1 N–H and O–H groups in total. The van der Waals surface area contributed by atoms with Crippen molar-refractivity contribution in [2.24, 2.45) is 0 Å².